The number of aliphatic hydroxyl groups is 1. The van der Waals surface area contributed by atoms with Crippen molar-refractivity contribution in [3.05, 3.63) is 59.2 Å². The summed E-state index contributed by atoms with van der Waals surface area (Å²) in [7, 11) is 1.99. The topological polar surface area (TPSA) is 141 Å². The number of nitrogens with zero attached hydrogens (tertiary/aromatic N) is 2. The molecule has 0 saturated carbocycles. The van der Waals surface area contributed by atoms with Crippen molar-refractivity contribution >= 4 is 23.6 Å². The molecule has 0 aliphatic carbocycles. The molecule has 2 aromatic rings. The van der Waals surface area contributed by atoms with Gasteiger partial charge in [0.05, 0.1) is 36.0 Å². The largest absolute Gasteiger partial charge is 0.490 e. The molecule has 0 aromatic heterocycles. The second-order valence-electron chi connectivity index (χ2n) is 12.5. The van der Waals surface area contributed by atoms with Gasteiger partial charge >= 0.3 is 12.0 Å². The van der Waals surface area contributed by atoms with Gasteiger partial charge in [-0.05, 0) is 89.9 Å². The van der Waals surface area contributed by atoms with E-state index in [0.29, 0.717) is 43.2 Å². The number of hydrogen-bond donors (Lipinski definition) is 4. The number of carbonyl (C=O) groups is 3. The maximum atomic E-state index is 14.2. The Morgan fingerprint density at radius 2 is 1.80 bits per heavy atom. The van der Waals surface area contributed by atoms with E-state index in [-0.39, 0.29) is 48.3 Å². The van der Waals surface area contributed by atoms with Gasteiger partial charge in [-0.3, -0.25) is 9.69 Å². The number of rotatable bonds is 9. The predicted molar refractivity (Wildman–Crippen MR) is 174 cm³/mol. The van der Waals surface area contributed by atoms with Crippen LogP contribution in [0.25, 0.3) is 0 Å². The normalized spacial score (nSPS) is 20.6. The Morgan fingerprint density at radius 3 is 2.44 bits per heavy atom. The van der Waals surface area contributed by atoms with E-state index in [1.807, 2.05) is 46.9 Å². The average molecular weight is 627 g/mol. The van der Waals surface area contributed by atoms with Crippen LogP contribution < -0.4 is 15.4 Å². The number of ether oxygens (including phenoxy) is 2. The van der Waals surface area contributed by atoms with Gasteiger partial charge in [-0.2, -0.15) is 0 Å². The fourth-order valence-electron chi connectivity index (χ4n) is 5.33. The van der Waals surface area contributed by atoms with Crippen molar-refractivity contribution in [3.8, 4) is 5.75 Å². The summed E-state index contributed by atoms with van der Waals surface area (Å²) in [5.41, 5.74) is 2.00. The number of anilines is 1. The highest BCUT2D eigenvalue weighted by atomic mass is 16.5. The lowest BCUT2D eigenvalue weighted by molar-refractivity contribution is -0.0177. The molecule has 0 radical (unpaired) electrons. The predicted octanol–water partition coefficient (Wildman–Crippen LogP) is 4.84. The third kappa shape index (κ3) is 11.0. The maximum absolute atomic E-state index is 14.2. The molecule has 0 bridgehead atoms. The second-order valence-corrected chi connectivity index (χ2v) is 12.5. The molecule has 0 spiro atoms. The van der Waals surface area contributed by atoms with E-state index in [0.717, 1.165) is 24.8 Å². The van der Waals surface area contributed by atoms with Gasteiger partial charge in [0.15, 0.2) is 0 Å². The van der Waals surface area contributed by atoms with Gasteiger partial charge in [0.2, 0.25) is 0 Å². The molecule has 0 unspecified atom stereocenters. The first-order valence-electron chi connectivity index (χ1n) is 15.8. The quantitative estimate of drug-likeness (QED) is 0.310. The van der Waals surface area contributed by atoms with Gasteiger partial charge in [-0.15, -0.1) is 0 Å². The van der Waals surface area contributed by atoms with Crippen molar-refractivity contribution in [2.45, 2.75) is 84.7 Å². The van der Waals surface area contributed by atoms with Gasteiger partial charge in [-0.25, -0.2) is 9.59 Å². The molecule has 11 heteroatoms. The third-order valence-corrected chi connectivity index (χ3v) is 7.87. The first-order valence-corrected chi connectivity index (χ1v) is 15.8. The number of benzene rings is 2. The highest BCUT2D eigenvalue weighted by molar-refractivity contribution is 5.99. The fraction of sp³-hybridized carbons (Fsp3) is 0.559. The van der Waals surface area contributed by atoms with E-state index in [1.54, 1.807) is 42.2 Å². The summed E-state index contributed by atoms with van der Waals surface area (Å²) in [6.07, 6.45) is 2.16. The Kier molecular flexibility index (Phi) is 13.6. The molecule has 2 aromatic carbocycles. The van der Waals surface area contributed by atoms with Gasteiger partial charge in [0, 0.05) is 43.9 Å². The van der Waals surface area contributed by atoms with E-state index < -0.39 is 12.0 Å². The summed E-state index contributed by atoms with van der Waals surface area (Å²) in [6, 6.07) is 11.0. The Morgan fingerprint density at radius 1 is 1.09 bits per heavy atom. The smallest absolute Gasteiger partial charge is 0.335 e. The molecular formula is C34H50N4O7. The number of aliphatic hydroxyl groups excluding tert-OH is 1. The summed E-state index contributed by atoms with van der Waals surface area (Å²) in [5.74, 6) is -0.922. The molecule has 4 N–H and O–H groups in total. The SMILES string of the molecule is CC(C)NC(=O)Nc1ccc2c(c1)C(=O)N([C@H](C)CO)C[C@H](C)[C@H](CN(C)Cc1ccc(C(=O)O)cc1)OCCCC[C@@H](C)O2. The summed E-state index contributed by atoms with van der Waals surface area (Å²) >= 11 is 0. The van der Waals surface area contributed by atoms with Crippen molar-refractivity contribution in [1.82, 2.24) is 15.1 Å². The van der Waals surface area contributed by atoms with E-state index in [4.69, 9.17) is 9.47 Å². The molecule has 4 atom stereocenters. The zero-order chi connectivity index (χ0) is 33.1. The first-order chi connectivity index (χ1) is 21.4. The number of carboxylic acids is 1. The van der Waals surface area contributed by atoms with Crippen LogP contribution >= 0.6 is 0 Å². The summed E-state index contributed by atoms with van der Waals surface area (Å²) in [4.78, 5) is 41.7. The molecule has 3 rings (SSSR count). The number of hydrogen-bond acceptors (Lipinski definition) is 7. The zero-order valence-electron chi connectivity index (χ0n) is 27.4. The molecule has 45 heavy (non-hydrogen) atoms. The Bertz CT molecular complexity index is 1270. The number of urea groups is 1. The summed E-state index contributed by atoms with van der Waals surface area (Å²) in [5, 5.41) is 25.0. The van der Waals surface area contributed by atoms with Crippen LogP contribution in [0.15, 0.2) is 42.5 Å². The summed E-state index contributed by atoms with van der Waals surface area (Å²) in [6.45, 7) is 11.4. The lowest BCUT2D eigenvalue weighted by atomic mass is 10.0. The van der Waals surface area contributed by atoms with Crippen LogP contribution in [0.2, 0.25) is 0 Å². The Labute approximate surface area is 266 Å². The van der Waals surface area contributed by atoms with Crippen molar-refractivity contribution in [3.63, 3.8) is 0 Å². The molecule has 0 saturated heterocycles. The van der Waals surface area contributed by atoms with E-state index in [2.05, 4.69) is 15.5 Å². The number of amides is 3. The van der Waals surface area contributed by atoms with Crippen LogP contribution in [0.4, 0.5) is 10.5 Å². The molecule has 0 fully saturated rings. The van der Waals surface area contributed by atoms with Crippen LogP contribution in [0.1, 0.15) is 80.2 Å². The standard InChI is InChI=1S/C34H50N4O7/c1-22(2)35-34(43)36-28-14-15-30-29(17-28)32(40)38(24(4)21-39)18-23(3)31(44-16-8-7-9-25(5)45-30)20-37(6)19-26-10-12-27(13-11-26)33(41)42/h10-15,17,22-25,31,39H,7-9,16,18-21H2,1-6H3,(H,41,42)(H2,35,36,43)/t23-,24+,25+,31-/m0/s1. The fourth-order valence-corrected chi connectivity index (χ4v) is 5.33. The minimum atomic E-state index is -0.958. The van der Waals surface area contributed by atoms with Crippen molar-refractivity contribution in [2.24, 2.45) is 5.92 Å². The van der Waals surface area contributed by atoms with Gasteiger partial charge in [-0.1, -0.05) is 19.1 Å². The number of aromatic carboxylic acids is 1. The molecule has 1 heterocycles. The number of carbonyl (C=O) groups excluding carboxylic acids is 2. The summed E-state index contributed by atoms with van der Waals surface area (Å²) < 4.78 is 12.7. The lowest BCUT2D eigenvalue weighted by Crippen LogP contribution is -2.47. The first kappa shape index (κ1) is 35.8. The van der Waals surface area contributed by atoms with Gasteiger partial charge in [0.1, 0.15) is 5.75 Å². The number of nitrogens with one attached hydrogen (secondary N) is 2. The van der Waals surface area contributed by atoms with E-state index in [9.17, 15) is 24.6 Å². The van der Waals surface area contributed by atoms with Crippen LogP contribution in [-0.4, -0.2) is 95.6 Å². The molecule has 3 amide bonds. The van der Waals surface area contributed by atoms with Crippen LogP contribution in [-0.2, 0) is 11.3 Å². The number of likely N-dealkylation sites (N-methyl/N-ethyl adjacent to an activating group) is 1. The Hall–Kier alpha value is -3.67. The monoisotopic (exact) mass is 626 g/mol. The highest BCUT2D eigenvalue weighted by Gasteiger charge is 2.30. The minimum Gasteiger partial charge on any atom is -0.490 e. The molecule has 1 aliphatic rings. The van der Waals surface area contributed by atoms with Crippen molar-refractivity contribution in [1.29, 1.82) is 0 Å². The molecule has 248 valence electrons. The van der Waals surface area contributed by atoms with Gasteiger partial charge in [0.25, 0.3) is 5.91 Å². The zero-order valence-corrected chi connectivity index (χ0v) is 27.4. The van der Waals surface area contributed by atoms with E-state index in [1.165, 1.54) is 0 Å². The second kappa shape index (κ2) is 17.1. The number of fused-ring (bicyclic) bond motifs is 1. The lowest BCUT2D eigenvalue weighted by Gasteiger charge is -2.36. The minimum absolute atomic E-state index is 0.0535. The average Bonchev–Trinajstić information content (AvgIpc) is 2.98. The van der Waals surface area contributed by atoms with E-state index >= 15 is 0 Å². The van der Waals surface area contributed by atoms with Crippen LogP contribution in [0.3, 0.4) is 0 Å². The molecule has 11 nitrogen and oxygen atoms in total. The van der Waals surface area contributed by atoms with Crippen LogP contribution in [0.5, 0.6) is 5.75 Å². The number of carboxylic acid groups (broad SMARTS) is 1. The molecule has 1 aliphatic heterocycles. The maximum Gasteiger partial charge on any atom is 0.335 e. The Balaban J connectivity index is 1.88. The van der Waals surface area contributed by atoms with Crippen molar-refractivity contribution < 1.29 is 34.1 Å². The highest BCUT2D eigenvalue weighted by Crippen LogP contribution is 2.28. The van der Waals surface area contributed by atoms with Crippen molar-refractivity contribution in [2.75, 3.05) is 38.7 Å². The van der Waals surface area contributed by atoms with Gasteiger partial charge < -0.3 is 35.2 Å². The molecular weight excluding hydrogens is 576 g/mol. The van der Waals surface area contributed by atoms with Crippen LogP contribution in [0, 0.1) is 5.92 Å². The third-order valence-electron chi connectivity index (χ3n) is 7.87.